The number of esters is 1. The maximum Gasteiger partial charge on any atom is 0.348 e. The minimum atomic E-state index is -0.334. The van der Waals surface area contributed by atoms with Crippen LogP contribution in [0, 0.1) is 6.92 Å². The summed E-state index contributed by atoms with van der Waals surface area (Å²) in [6, 6.07) is 0. The number of carbonyl (C=O) groups is 1. The van der Waals surface area contributed by atoms with Gasteiger partial charge in [-0.2, -0.15) is 0 Å². The van der Waals surface area contributed by atoms with Crippen LogP contribution in [0.5, 0.6) is 0 Å². The van der Waals surface area contributed by atoms with E-state index in [1.54, 1.807) is 6.92 Å². The Morgan fingerprint density at radius 3 is 2.76 bits per heavy atom. The van der Waals surface area contributed by atoms with Gasteiger partial charge in [0.05, 0.1) is 26.4 Å². The normalized spacial score (nSPS) is 15.1. The van der Waals surface area contributed by atoms with E-state index in [0.717, 1.165) is 33.9 Å². The number of nitrogens with two attached hydrogens (primary N) is 1. The summed E-state index contributed by atoms with van der Waals surface area (Å²) < 4.78 is 11.3. The molecule has 1 saturated heterocycles. The van der Waals surface area contributed by atoms with Gasteiger partial charge >= 0.3 is 5.97 Å². The van der Waals surface area contributed by atoms with Gasteiger partial charge in [0.25, 0.3) is 0 Å². The molecule has 2 N–H and O–H groups in total. The number of hydrogen-bond acceptors (Lipinski definition) is 12. The molecule has 0 radical (unpaired) electrons. The van der Waals surface area contributed by atoms with Crippen molar-refractivity contribution in [2.24, 2.45) is 0 Å². The van der Waals surface area contributed by atoms with Gasteiger partial charge in [-0.15, -0.1) is 21.5 Å². The summed E-state index contributed by atoms with van der Waals surface area (Å²) in [6.45, 7) is 7.74. The van der Waals surface area contributed by atoms with E-state index in [1.807, 2.05) is 6.92 Å². The second-order valence-electron chi connectivity index (χ2n) is 6.30. The number of rotatable bonds is 6. The van der Waals surface area contributed by atoms with E-state index < -0.39 is 0 Å². The van der Waals surface area contributed by atoms with Crippen molar-refractivity contribution >= 4 is 55.8 Å². The molecule has 0 spiro atoms. The summed E-state index contributed by atoms with van der Waals surface area (Å²) in [5.74, 6) is 0.370. The molecule has 0 unspecified atom stereocenters. The van der Waals surface area contributed by atoms with Crippen molar-refractivity contribution in [1.29, 1.82) is 0 Å². The van der Waals surface area contributed by atoms with E-state index in [4.69, 9.17) is 25.2 Å². The minimum Gasteiger partial charge on any atom is -0.462 e. The Morgan fingerprint density at radius 2 is 2.07 bits per heavy atom. The predicted octanol–water partition coefficient (Wildman–Crippen LogP) is 2.59. The Morgan fingerprint density at radius 1 is 1.28 bits per heavy atom. The number of aromatic nitrogens is 4. The number of carbonyl (C=O) groups excluding carboxylic acids is 1. The highest BCUT2D eigenvalue weighted by atomic mass is 32.2. The molecule has 0 saturated carbocycles. The quantitative estimate of drug-likeness (QED) is 0.442. The van der Waals surface area contributed by atoms with E-state index in [-0.39, 0.29) is 5.97 Å². The molecule has 0 aliphatic carbocycles. The first-order valence-electron chi connectivity index (χ1n) is 9.09. The van der Waals surface area contributed by atoms with Crippen molar-refractivity contribution in [1.82, 2.24) is 25.1 Å². The molecule has 4 heterocycles. The molecule has 0 aromatic carbocycles. The highest BCUT2D eigenvalue weighted by Gasteiger charge is 2.23. The summed E-state index contributed by atoms with van der Waals surface area (Å²) in [5.41, 5.74) is 6.55. The van der Waals surface area contributed by atoms with Crippen LogP contribution in [-0.4, -0.2) is 63.9 Å². The summed E-state index contributed by atoms with van der Waals surface area (Å²) in [4.78, 5) is 25.5. The van der Waals surface area contributed by atoms with Gasteiger partial charge in [0.1, 0.15) is 20.6 Å². The Kier molecular flexibility index (Phi) is 6.25. The van der Waals surface area contributed by atoms with Crippen LogP contribution in [-0.2, 0) is 16.0 Å². The molecule has 154 valence electrons. The second kappa shape index (κ2) is 8.88. The van der Waals surface area contributed by atoms with Crippen molar-refractivity contribution in [2.75, 3.05) is 38.6 Å². The lowest BCUT2D eigenvalue weighted by atomic mass is 10.2. The zero-order valence-corrected chi connectivity index (χ0v) is 18.5. The van der Waals surface area contributed by atoms with Gasteiger partial charge in [0, 0.05) is 18.5 Å². The molecule has 29 heavy (non-hydrogen) atoms. The number of aryl methyl sites for hydroxylation is 1. The van der Waals surface area contributed by atoms with Crippen molar-refractivity contribution in [3.8, 4) is 0 Å². The summed E-state index contributed by atoms with van der Waals surface area (Å²) >= 11 is 4.03. The highest BCUT2D eigenvalue weighted by molar-refractivity contribution is 8.01. The van der Waals surface area contributed by atoms with Gasteiger partial charge in [0.2, 0.25) is 5.13 Å². The first kappa shape index (κ1) is 20.4. The summed E-state index contributed by atoms with van der Waals surface area (Å²) in [6.07, 6.45) is 0. The number of nitrogen functional groups attached to an aromatic ring is 1. The largest absolute Gasteiger partial charge is 0.462 e. The first-order valence-corrected chi connectivity index (χ1v) is 11.5. The molecular formula is C17H20N6O3S3. The maximum atomic E-state index is 12.4. The molecular weight excluding hydrogens is 432 g/mol. The van der Waals surface area contributed by atoms with Crippen LogP contribution in [0.3, 0.4) is 0 Å². The van der Waals surface area contributed by atoms with Crippen molar-refractivity contribution < 1.29 is 14.3 Å². The Labute approximate surface area is 179 Å². The number of anilines is 1. The Bertz CT molecular complexity index is 1030. The van der Waals surface area contributed by atoms with Gasteiger partial charge in [-0.05, 0) is 31.2 Å². The minimum absolute atomic E-state index is 0.326. The van der Waals surface area contributed by atoms with E-state index in [1.165, 1.54) is 34.4 Å². The molecule has 3 aromatic rings. The van der Waals surface area contributed by atoms with E-state index >= 15 is 0 Å². The van der Waals surface area contributed by atoms with Crippen LogP contribution in [0.2, 0.25) is 0 Å². The fourth-order valence-corrected chi connectivity index (χ4v) is 5.89. The number of nitrogens with zero attached hydrogens (tertiary/aromatic N) is 5. The van der Waals surface area contributed by atoms with Crippen LogP contribution in [0.4, 0.5) is 5.13 Å². The lowest BCUT2D eigenvalue weighted by molar-refractivity contribution is 0.0330. The predicted molar refractivity (Wildman–Crippen MR) is 113 cm³/mol. The molecule has 12 heteroatoms. The second-order valence-corrected chi connectivity index (χ2v) is 9.54. The van der Waals surface area contributed by atoms with Crippen LogP contribution in [0.25, 0.3) is 10.2 Å². The molecule has 0 amide bonds. The van der Waals surface area contributed by atoms with Crippen LogP contribution >= 0.6 is 34.4 Å². The molecule has 9 nitrogen and oxygen atoms in total. The number of fused-ring (bicyclic) bond motifs is 1. The van der Waals surface area contributed by atoms with Gasteiger partial charge in [-0.25, -0.2) is 14.8 Å². The third-order valence-corrected chi connectivity index (χ3v) is 7.30. The molecule has 4 rings (SSSR count). The molecule has 0 bridgehead atoms. The molecule has 0 atom stereocenters. The first-order chi connectivity index (χ1) is 14.0. The van der Waals surface area contributed by atoms with E-state index in [0.29, 0.717) is 46.5 Å². The van der Waals surface area contributed by atoms with Crippen molar-refractivity contribution in [2.45, 2.75) is 29.8 Å². The lowest BCUT2D eigenvalue weighted by Gasteiger charge is -2.25. The van der Waals surface area contributed by atoms with Crippen molar-refractivity contribution in [3.63, 3.8) is 0 Å². The van der Waals surface area contributed by atoms with Gasteiger partial charge in [-0.3, -0.25) is 4.90 Å². The zero-order valence-electron chi connectivity index (χ0n) is 16.0. The molecule has 1 aliphatic rings. The van der Waals surface area contributed by atoms with Gasteiger partial charge < -0.3 is 15.2 Å². The summed E-state index contributed by atoms with van der Waals surface area (Å²) in [7, 11) is 0. The van der Waals surface area contributed by atoms with Crippen LogP contribution < -0.4 is 5.73 Å². The van der Waals surface area contributed by atoms with E-state index in [9.17, 15) is 4.79 Å². The molecule has 1 fully saturated rings. The SMILES string of the molecule is CCOC(=O)c1sc2nc(CN3CCOCC3)nc(Sc3nnc(N)s3)c2c1C. The average Bonchev–Trinajstić information content (AvgIpc) is 3.26. The Hall–Kier alpha value is -1.86. The van der Waals surface area contributed by atoms with Gasteiger partial charge in [0.15, 0.2) is 4.34 Å². The molecule has 1 aliphatic heterocycles. The lowest BCUT2D eigenvalue weighted by Crippen LogP contribution is -2.36. The third-order valence-electron chi connectivity index (χ3n) is 4.34. The highest BCUT2D eigenvalue weighted by Crippen LogP contribution is 2.39. The third kappa shape index (κ3) is 4.51. The smallest absolute Gasteiger partial charge is 0.348 e. The van der Waals surface area contributed by atoms with E-state index in [2.05, 4.69) is 15.1 Å². The fourth-order valence-electron chi connectivity index (χ4n) is 2.98. The van der Waals surface area contributed by atoms with Crippen LogP contribution in [0.1, 0.15) is 28.0 Å². The number of morpholine rings is 1. The van der Waals surface area contributed by atoms with Gasteiger partial charge in [-0.1, -0.05) is 11.3 Å². The monoisotopic (exact) mass is 452 g/mol. The molecule has 3 aromatic heterocycles. The van der Waals surface area contributed by atoms with Crippen molar-refractivity contribution in [3.05, 3.63) is 16.3 Å². The zero-order chi connectivity index (χ0) is 20.4. The fraction of sp³-hybridized carbons (Fsp3) is 0.471. The average molecular weight is 453 g/mol. The number of thiophene rings is 1. The Balaban J connectivity index is 1.75. The standard InChI is InChI=1S/C17H20N6O3S3/c1-3-26-15(24)12-9(2)11-13(27-12)19-10(8-23-4-6-25-7-5-23)20-14(11)28-17-22-21-16(18)29-17/h3-8H2,1-2H3,(H2,18,21). The topological polar surface area (TPSA) is 116 Å². The summed E-state index contributed by atoms with van der Waals surface area (Å²) in [5, 5.41) is 9.97. The maximum absolute atomic E-state index is 12.4. The van der Waals surface area contributed by atoms with Crippen LogP contribution in [0.15, 0.2) is 9.37 Å². The number of hydrogen-bond donors (Lipinski definition) is 1. The number of ether oxygens (including phenoxy) is 2.